The van der Waals surface area contributed by atoms with Gasteiger partial charge in [-0.3, -0.25) is 9.52 Å². The van der Waals surface area contributed by atoms with E-state index in [-0.39, 0.29) is 29.1 Å². The van der Waals surface area contributed by atoms with Gasteiger partial charge < -0.3 is 24.6 Å². The summed E-state index contributed by atoms with van der Waals surface area (Å²) in [7, 11) is 0. The smallest absolute Gasteiger partial charge is 0.490 e. The minimum absolute atomic E-state index is 0.00821. The molecular weight excluding hydrogens is 689 g/mol. The lowest BCUT2D eigenvalue weighted by atomic mass is 9.93. The van der Waals surface area contributed by atoms with E-state index in [2.05, 4.69) is 14.8 Å². The van der Waals surface area contributed by atoms with E-state index < -0.39 is 18.2 Å². The van der Waals surface area contributed by atoms with Crippen LogP contribution in [0.3, 0.4) is 0 Å². The second-order valence-corrected chi connectivity index (χ2v) is 12.3. The predicted octanol–water partition coefficient (Wildman–Crippen LogP) is 9.54. The van der Waals surface area contributed by atoms with Gasteiger partial charge in [0.1, 0.15) is 23.0 Å². The number of carbonyl (C=O) groups excluding carboxylic acids is 1. The third-order valence-corrected chi connectivity index (χ3v) is 8.88. The predicted molar refractivity (Wildman–Crippen MR) is 187 cm³/mol. The van der Waals surface area contributed by atoms with E-state index in [0.29, 0.717) is 17.1 Å². The zero-order valence-corrected chi connectivity index (χ0v) is 27.5. The fourth-order valence-corrected chi connectivity index (χ4v) is 6.28. The Morgan fingerprint density at radius 2 is 1.31 bits per heavy atom. The highest BCUT2D eigenvalue weighted by Crippen LogP contribution is 2.32. The fourth-order valence-electron chi connectivity index (χ4n) is 5.47. The number of rotatable bonds is 11. The van der Waals surface area contributed by atoms with Gasteiger partial charge >= 0.3 is 12.3 Å². The van der Waals surface area contributed by atoms with Crippen molar-refractivity contribution in [2.24, 2.45) is 0 Å². The number of alkyl halides is 3. The number of ether oxygens (including phenoxy) is 3. The zero-order valence-electron chi connectivity index (χ0n) is 26.7. The first-order valence-electron chi connectivity index (χ1n) is 15.6. The molecule has 3 N–H and O–H groups in total. The van der Waals surface area contributed by atoms with Gasteiger partial charge in [0, 0.05) is 26.4 Å². The van der Waals surface area contributed by atoms with Crippen molar-refractivity contribution < 1.29 is 42.1 Å². The summed E-state index contributed by atoms with van der Waals surface area (Å²) in [5, 5.41) is 14.0. The Morgan fingerprint density at radius 3 is 1.96 bits per heavy atom. The minimum Gasteiger partial charge on any atom is -0.490 e. The third kappa shape index (κ3) is 10.4. The quantitative estimate of drug-likeness (QED) is 0.113. The number of amides is 1. The molecule has 1 amide bonds. The summed E-state index contributed by atoms with van der Waals surface area (Å²) in [6, 6.07) is 30.5. The van der Waals surface area contributed by atoms with Gasteiger partial charge in [-0.15, -0.1) is 13.2 Å². The molecule has 5 aromatic carbocycles. The van der Waals surface area contributed by atoms with Crippen molar-refractivity contribution in [3.63, 3.8) is 0 Å². The Balaban J connectivity index is 0.00000248. The molecule has 1 fully saturated rings. The first-order valence-corrected chi connectivity index (χ1v) is 16.5. The molecule has 0 atom stereocenters. The molecule has 1 aliphatic carbocycles. The molecule has 0 bridgehead atoms. The number of fused-ring (bicyclic) bond motifs is 1. The van der Waals surface area contributed by atoms with Gasteiger partial charge in [0.2, 0.25) is 0 Å². The number of anilines is 1. The molecule has 10 nitrogen and oxygen atoms in total. The lowest BCUT2D eigenvalue weighted by Gasteiger charge is -2.29. The van der Waals surface area contributed by atoms with Gasteiger partial charge in [-0.25, -0.2) is 4.79 Å². The molecule has 0 radical (unpaired) electrons. The molecule has 0 spiro atoms. The summed E-state index contributed by atoms with van der Waals surface area (Å²) in [5.74, 6) is 0.153. The highest BCUT2D eigenvalue weighted by molar-refractivity contribution is 7.97. The molecule has 51 heavy (non-hydrogen) atoms. The SMILES string of the molecule is O=C(Nc1ccccc1C(=O)O)c1ccc(Oc2ccc3cc(OC4CCC(NSc5ccc(OC(F)(F)F)cc5)CC4)ccc3c2)cc1.O=O. The highest BCUT2D eigenvalue weighted by Gasteiger charge is 2.31. The van der Waals surface area contributed by atoms with Gasteiger partial charge in [0.25, 0.3) is 5.91 Å². The van der Waals surface area contributed by atoms with E-state index in [9.17, 15) is 27.9 Å². The van der Waals surface area contributed by atoms with Gasteiger partial charge in [-0.05, 0) is 133 Å². The van der Waals surface area contributed by atoms with Crippen LogP contribution in [-0.2, 0) is 0 Å². The van der Waals surface area contributed by atoms with Crippen molar-refractivity contribution in [2.75, 3.05) is 5.32 Å². The van der Waals surface area contributed by atoms with E-state index in [4.69, 9.17) is 19.4 Å². The van der Waals surface area contributed by atoms with Crippen molar-refractivity contribution >= 4 is 40.3 Å². The molecule has 0 heterocycles. The van der Waals surface area contributed by atoms with Crippen molar-refractivity contribution in [3.8, 4) is 23.0 Å². The van der Waals surface area contributed by atoms with E-state index in [1.54, 1.807) is 48.5 Å². The Labute approximate surface area is 294 Å². The highest BCUT2D eigenvalue weighted by atomic mass is 32.2. The molecule has 0 aliphatic heterocycles. The van der Waals surface area contributed by atoms with Gasteiger partial charge in [0.15, 0.2) is 0 Å². The molecule has 6 rings (SSSR count). The molecule has 264 valence electrons. The van der Waals surface area contributed by atoms with E-state index in [0.717, 1.165) is 47.1 Å². The Kier molecular flexibility index (Phi) is 12.1. The van der Waals surface area contributed by atoms with Crippen LogP contribution in [0.1, 0.15) is 46.4 Å². The van der Waals surface area contributed by atoms with Crippen LogP contribution in [0.15, 0.2) is 114 Å². The van der Waals surface area contributed by atoms with E-state index in [1.807, 2.05) is 36.4 Å². The van der Waals surface area contributed by atoms with Crippen LogP contribution in [-0.4, -0.2) is 35.5 Å². The standard InChI is InChI=1S/C37H31F3N2O6S.O2/c38-37(39,40)48-29-17-19-32(20-18-29)49-42-26-9-15-28(16-10-26)47-31-14-8-24-21-30(13-7-25(24)22-31)46-27-11-5-23(6-12-27)35(43)41-34-4-2-1-3-33(34)36(44)45;1-2/h1-8,11-14,17-22,26,28,42H,9-10,15-16H2,(H,41,43)(H,44,45);. The number of hydrogen-bond donors (Lipinski definition) is 3. The Hall–Kier alpha value is -5.60. The number of nitrogens with one attached hydrogen (secondary N) is 2. The third-order valence-electron chi connectivity index (χ3n) is 7.92. The largest absolute Gasteiger partial charge is 0.573 e. The monoisotopic (exact) mass is 720 g/mol. The number of hydrogen-bond acceptors (Lipinski definition) is 9. The van der Waals surface area contributed by atoms with Crippen LogP contribution < -0.4 is 24.2 Å². The molecule has 5 aromatic rings. The van der Waals surface area contributed by atoms with Crippen molar-refractivity contribution in [3.05, 3.63) is 130 Å². The second-order valence-electron chi connectivity index (χ2n) is 11.4. The van der Waals surface area contributed by atoms with E-state index >= 15 is 0 Å². The molecule has 1 aliphatic rings. The number of para-hydroxylation sites is 1. The number of benzene rings is 5. The Bertz CT molecular complexity index is 1950. The average Bonchev–Trinajstić information content (AvgIpc) is 3.12. The van der Waals surface area contributed by atoms with Gasteiger partial charge in [0.05, 0.1) is 17.4 Å². The van der Waals surface area contributed by atoms with Crippen LogP contribution in [0.2, 0.25) is 0 Å². The maximum absolute atomic E-state index is 12.7. The van der Waals surface area contributed by atoms with Gasteiger partial charge in [-0.1, -0.05) is 24.3 Å². The summed E-state index contributed by atoms with van der Waals surface area (Å²) < 4.78 is 56.8. The van der Waals surface area contributed by atoms with Crippen LogP contribution in [0.25, 0.3) is 10.8 Å². The summed E-state index contributed by atoms with van der Waals surface area (Å²) in [6.07, 6.45) is -1.06. The number of aromatic carboxylic acids is 1. The number of carbonyl (C=O) groups is 2. The topological polar surface area (TPSA) is 140 Å². The molecule has 0 saturated heterocycles. The number of carboxylic acid groups (broad SMARTS) is 1. The molecule has 1 saturated carbocycles. The maximum Gasteiger partial charge on any atom is 0.573 e. The normalized spacial score (nSPS) is 15.6. The first kappa shape index (κ1) is 36.7. The molecular formula is C37H31F3N2O8S. The van der Waals surface area contributed by atoms with Gasteiger partial charge in [-0.2, -0.15) is 0 Å². The van der Waals surface area contributed by atoms with Crippen LogP contribution in [0, 0.1) is 9.93 Å². The van der Waals surface area contributed by atoms with Crippen LogP contribution in [0.5, 0.6) is 23.0 Å². The second kappa shape index (κ2) is 16.9. The molecule has 0 unspecified atom stereocenters. The van der Waals surface area contributed by atoms with Crippen molar-refractivity contribution in [1.82, 2.24) is 4.72 Å². The number of halogens is 3. The fraction of sp³-hybridized carbons (Fsp3) is 0.189. The minimum atomic E-state index is -4.71. The van der Waals surface area contributed by atoms with Crippen LogP contribution >= 0.6 is 11.9 Å². The summed E-state index contributed by atoms with van der Waals surface area (Å²) >= 11 is 1.39. The summed E-state index contributed by atoms with van der Waals surface area (Å²) in [4.78, 5) is 38.9. The molecule has 0 aromatic heterocycles. The number of carboxylic acids is 1. The van der Waals surface area contributed by atoms with Crippen molar-refractivity contribution in [1.29, 1.82) is 0 Å². The lowest BCUT2D eigenvalue weighted by molar-refractivity contribution is -0.274. The van der Waals surface area contributed by atoms with Crippen LogP contribution in [0.4, 0.5) is 18.9 Å². The van der Waals surface area contributed by atoms with E-state index in [1.165, 1.54) is 36.2 Å². The lowest BCUT2D eigenvalue weighted by Crippen LogP contribution is -2.33. The Morgan fingerprint density at radius 1 is 0.725 bits per heavy atom. The molecule has 14 heteroatoms. The van der Waals surface area contributed by atoms with Crippen molar-refractivity contribution in [2.45, 2.75) is 49.1 Å². The maximum atomic E-state index is 12.7. The zero-order chi connectivity index (χ0) is 36.4. The summed E-state index contributed by atoms with van der Waals surface area (Å²) in [5.41, 5.74) is 0.582. The summed E-state index contributed by atoms with van der Waals surface area (Å²) in [6.45, 7) is 0. The average molecular weight is 721 g/mol. The first-order chi connectivity index (χ1) is 24.6.